The second-order valence-corrected chi connectivity index (χ2v) is 7.70. The topological polar surface area (TPSA) is 57.6 Å². The van der Waals surface area contributed by atoms with Crippen molar-refractivity contribution >= 4 is 23.0 Å². The van der Waals surface area contributed by atoms with Crippen LogP contribution in [0.4, 0.5) is 4.39 Å². The van der Waals surface area contributed by atoms with Gasteiger partial charge in [0, 0.05) is 6.54 Å². The summed E-state index contributed by atoms with van der Waals surface area (Å²) in [6.45, 7) is 0.316. The van der Waals surface area contributed by atoms with Crippen molar-refractivity contribution in [2.75, 3.05) is 6.54 Å². The number of Topliss-reactive ketones (excluding diaryl/α,β-unsaturated/α-hetero) is 1. The summed E-state index contributed by atoms with van der Waals surface area (Å²) in [5, 5.41) is 12.3. The number of carbonyl (C=O) groups is 2. The number of halogens is 1. The van der Waals surface area contributed by atoms with Gasteiger partial charge < -0.3 is 10.0 Å². The Balaban J connectivity index is 1.71. The molecule has 2 aromatic carbocycles. The van der Waals surface area contributed by atoms with E-state index in [0.29, 0.717) is 23.4 Å². The number of hydrogen-bond donors (Lipinski definition) is 1. The van der Waals surface area contributed by atoms with Crippen molar-refractivity contribution in [3.63, 3.8) is 0 Å². The zero-order valence-electron chi connectivity index (χ0n) is 15.4. The Hall–Kier alpha value is -3.25. The van der Waals surface area contributed by atoms with Crippen molar-refractivity contribution in [3.8, 4) is 0 Å². The van der Waals surface area contributed by atoms with Crippen LogP contribution < -0.4 is 0 Å². The fraction of sp³-hybridized carbons (Fsp3) is 0.130. The van der Waals surface area contributed by atoms with E-state index in [1.807, 2.05) is 30.3 Å². The van der Waals surface area contributed by atoms with Crippen LogP contribution in [0.2, 0.25) is 0 Å². The quantitative estimate of drug-likeness (QED) is 0.602. The lowest BCUT2D eigenvalue weighted by Crippen LogP contribution is -2.33. The highest BCUT2D eigenvalue weighted by molar-refractivity contribution is 7.12. The van der Waals surface area contributed by atoms with Crippen molar-refractivity contribution in [2.45, 2.75) is 12.5 Å². The van der Waals surface area contributed by atoms with E-state index in [9.17, 15) is 19.1 Å². The molecule has 1 aromatic heterocycles. The minimum atomic E-state index is -0.763. The van der Waals surface area contributed by atoms with Crippen LogP contribution in [0.3, 0.4) is 0 Å². The molecular formula is C23H18FNO3S. The van der Waals surface area contributed by atoms with Crippen molar-refractivity contribution in [3.05, 3.63) is 105 Å². The number of aliphatic hydroxyl groups excluding tert-OH is 1. The Morgan fingerprint density at radius 3 is 2.41 bits per heavy atom. The minimum Gasteiger partial charge on any atom is -0.503 e. The molecule has 2 heterocycles. The second kappa shape index (κ2) is 8.01. The number of nitrogens with zero attached hydrogens (tertiary/aromatic N) is 1. The number of rotatable bonds is 6. The van der Waals surface area contributed by atoms with Gasteiger partial charge in [0.05, 0.1) is 16.5 Å². The third-order valence-corrected chi connectivity index (χ3v) is 5.83. The molecule has 1 N–H and O–H groups in total. The van der Waals surface area contributed by atoms with Crippen molar-refractivity contribution < 1.29 is 19.1 Å². The predicted octanol–water partition coefficient (Wildman–Crippen LogP) is 4.71. The SMILES string of the molecule is O=C(C1=C(O)C(=O)N(CCc2ccccc2)[C@H]1c1ccc(F)cc1)c1cccs1. The molecule has 1 aliphatic heterocycles. The second-order valence-electron chi connectivity index (χ2n) is 6.76. The molecule has 0 bridgehead atoms. The fourth-order valence-corrected chi connectivity index (χ4v) is 4.22. The maximum Gasteiger partial charge on any atom is 0.290 e. The summed E-state index contributed by atoms with van der Waals surface area (Å²) in [6, 6.07) is 18.0. The van der Waals surface area contributed by atoms with E-state index >= 15 is 0 Å². The van der Waals surface area contributed by atoms with Gasteiger partial charge in [-0.3, -0.25) is 9.59 Å². The zero-order chi connectivity index (χ0) is 20.4. The van der Waals surface area contributed by atoms with Gasteiger partial charge in [-0.15, -0.1) is 11.3 Å². The number of ketones is 1. The average Bonchev–Trinajstić information content (AvgIpc) is 3.36. The summed E-state index contributed by atoms with van der Waals surface area (Å²) in [5.74, 6) is -1.92. The molecule has 0 unspecified atom stereocenters. The predicted molar refractivity (Wildman–Crippen MR) is 109 cm³/mol. The molecule has 3 aromatic rings. The largest absolute Gasteiger partial charge is 0.503 e. The molecule has 6 heteroatoms. The Morgan fingerprint density at radius 2 is 1.76 bits per heavy atom. The van der Waals surface area contributed by atoms with Gasteiger partial charge in [0.1, 0.15) is 5.82 Å². The van der Waals surface area contributed by atoms with Gasteiger partial charge in [0.2, 0.25) is 5.78 Å². The van der Waals surface area contributed by atoms with Crippen LogP contribution in [-0.2, 0) is 11.2 Å². The maximum atomic E-state index is 13.5. The van der Waals surface area contributed by atoms with Gasteiger partial charge in [-0.1, -0.05) is 48.5 Å². The number of hydrogen-bond acceptors (Lipinski definition) is 4. The van der Waals surface area contributed by atoms with E-state index in [2.05, 4.69) is 0 Å². The summed E-state index contributed by atoms with van der Waals surface area (Å²) in [5.41, 5.74) is 1.66. The summed E-state index contributed by atoms with van der Waals surface area (Å²) < 4.78 is 13.5. The van der Waals surface area contributed by atoms with Crippen LogP contribution >= 0.6 is 11.3 Å². The number of amides is 1. The van der Waals surface area contributed by atoms with Crippen LogP contribution in [0.15, 0.2) is 83.4 Å². The first kappa shape index (κ1) is 19.1. The number of aliphatic hydroxyl groups is 1. The Morgan fingerprint density at radius 1 is 1.03 bits per heavy atom. The Labute approximate surface area is 171 Å². The van der Waals surface area contributed by atoms with Gasteiger partial charge in [-0.25, -0.2) is 4.39 Å². The summed E-state index contributed by atoms with van der Waals surface area (Å²) in [6.07, 6.45) is 0.567. The molecule has 146 valence electrons. The summed E-state index contributed by atoms with van der Waals surface area (Å²) in [7, 11) is 0. The molecule has 0 fully saturated rings. The van der Waals surface area contributed by atoms with Gasteiger partial charge >= 0.3 is 0 Å². The van der Waals surface area contributed by atoms with Crippen LogP contribution in [0.1, 0.15) is 26.8 Å². The van der Waals surface area contributed by atoms with Crippen molar-refractivity contribution in [2.24, 2.45) is 0 Å². The molecule has 0 spiro atoms. The van der Waals surface area contributed by atoms with E-state index in [0.717, 1.165) is 5.56 Å². The molecule has 1 atom stereocenters. The normalized spacial score (nSPS) is 16.5. The molecular weight excluding hydrogens is 389 g/mol. The molecule has 1 amide bonds. The number of carbonyl (C=O) groups excluding carboxylic acids is 2. The molecule has 0 saturated heterocycles. The molecule has 29 heavy (non-hydrogen) atoms. The van der Waals surface area contributed by atoms with E-state index in [1.54, 1.807) is 29.6 Å². The Kier molecular flexibility index (Phi) is 5.27. The van der Waals surface area contributed by atoms with Gasteiger partial charge in [-0.2, -0.15) is 0 Å². The third-order valence-electron chi connectivity index (χ3n) is 4.96. The Bertz CT molecular complexity index is 1060. The lowest BCUT2D eigenvalue weighted by atomic mass is 9.95. The van der Waals surface area contributed by atoms with Crippen LogP contribution in [-0.4, -0.2) is 28.2 Å². The van der Waals surface area contributed by atoms with Crippen LogP contribution in [0.5, 0.6) is 0 Å². The van der Waals surface area contributed by atoms with Gasteiger partial charge in [0.15, 0.2) is 5.76 Å². The van der Waals surface area contributed by atoms with Crippen molar-refractivity contribution in [1.29, 1.82) is 0 Å². The molecule has 0 aliphatic carbocycles. The van der Waals surface area contributed by atoms with Crippen LogP contribution in [0, 0.1) is 5.82 Å². The van der Waals surface area contributed by atoms with Crippen molar-refractivity contribution in [1.82, 2.24) is 4.90 Å². The highest BCUT2D eigenvalue weighted by Gasteiger charge is 2.43. The lowest BCUT2D eigenvalue weighted by molar-refractivity contribution is -0.129. The van der Waals surface area contributed by atoms with E-state index in [-0.39, 0.29) is 11.4 Å². The monoisotopic (exact) mass is 407 g/mol. The fourth-order valence-electron chi connectivity index (χ4n) is 3.54. The first-order chi connectivity index (χ1) is 14.1. The minimum absolute atomic E-state index is 0.0390. The molecule has 4 nitrogen and oxygen atoms in total. The number of benzene rings is 2. The highest BCUT2D eigenvalue weighted by atomic mass is 32.1. The summed E-state index contributed by atoms with van der Waals surface area (Å²) in [4.78, 5) is 27.9. The van der Waals surface area contributed by atoms with E-state index in [1.165, 1.54) is 28.4 Å². The van der Waals surface area contributed by atoms with E-state index in [4.69, 9.17) is 0 Å². The third kappa shape index (κ3) is 3.71. The van der Waals surface area contributed by atoms with Gasteiger partial charge in [0.25, 0.3) is 5.91 Å². The maximum absolute atomic E-state index is 13.5. The lowest BCUT2D eigenvalue weighted by Gasteiger charge is -2.27. The zero-order valence-corrected chi connectivity index (χ0v) is 16.2. The highest BCUT2D eigenvalue weighted by Crippen LogP contribution is 2.39. The van der Waals surface area contributed by atoms with E-state index < -0.39 is 23.5 Å². The van der Waals surface area contributed by atoms with Crippen LogP contribution in [0.25, 0.3) is 0 Å². The number of thiophene rings is 1. The first-order valence-corrected chi connectivity index (χ1v) is 10.1. The molecule has 4 rings (SSSR count). The standard InChI is InChI=1S/C23H18FNO3S/c24-17-10-8-16(9-11-17)20-19(21(26)18-7-4-14-29-18)22(27)23(28)25(20)13-12-15-5-2-1-3-6-15/h1-11,14,20,27H,12-13H2/t20-/m0/s1. The molecule has 0 radical (unpaired) electrons. The van der Waals surface area contributed by atoms with Gasteiger partial charge in [-0.05, 0) is 41.1 Å². The molecule has 1 aliphatic rings. The first-order valence-electron chi connectivity index (χ1n) is 9.18. The summed E-state index contributed by atoms with van der Waals surface area (Å²) >= 11 is 1.25. The smallest absolute Gasteiger partial charge is 0.290 e. The molecule has 0 saturated carbocycles. The average molecular weight is 407 g/mol.